The topological polar surface area (TPSA) is 0 Å². The summed E-state index contributed by atoms with van der Waals surface area (Å²) in [6, 6.07) is 10.5. The molecule has 0 N–H and O–H groups in total. The highest BCUT2D eigenvalue weighted by Gasteiger charge is 2.03. The molecule has 0 atom stereocenters. The Morgan fingerprint density at radius 2 is 2.00 bits per heavy atom. The summed E-state index contributed by atoms with van der Waals surface area (Å²) in [5.41, 5.74) is 2.49. The van der Waals surface area contributed by atoms with E-state index >= 15 is 0 Å². The van der Waals surface area contributed by atoms with Crippen LogP contribution in [0.5, 0.6) is 0 Å². The van der Waals surface area contributed by atoms with E-state index in [1.165, 1.54) is 21.9 Å². The molecule has 2 heteroatoms. The van der Waals surface area contributed by atoms with E-state index in [-0.39, 0.29) is 0 Å². The standard InChI is InChI=1S/C12H10BrCl/c1-8-2-3-9-6-10(13)4-5-11(9)12(8)7-14/h2-6H,7H2,1H3. The average Bonchev–Trinajstić information content (AvgIpc) is 2.18. The lowest BCUT2D eigenvalue weighted by molar-refractivity contribution is 1.34. The predicted molar refractivity (Wildman–Crippen MR) is 65.9 cm³/mol. The first kappa shape index (κ1) is 10.0. The summed E-state index contributed by atoms with van der Waals surface area (Å²) in [6.45, 7) is 2.10. The second-order valence-corrected chi connectivity index (χ2v) is 4.54. The van der Waals surface area contributed by atoms with Gasteiger partial charge in [0.1, 0.15) is 0 Å². The van der Waals surface area contributed by atoms with Crippen LogP contribution in [0.2, 0.25) is 0 Å². The Hall–Kier alpha value is -0.530. The SMILES string of the molecule is Cc1ccc2cc(Br)ccc2c1CCl. The lowest BCUT2D eigenvalue weighted by Gasteiger charge is -2.07. The van der Waals surface area contributed by atoms with Crippen LogP contribution in [0.15, 0.2) is 34.8 Å². The molecule has 2 aromatic rings. The van der Waals surface area contributed by atoms with Crippen LogP contribution in [0.1, 0.15) is 11.1 Å². The van der Waals surface area contributed by atoms with Crippen LogP contribution < -0.4 is 0 Å². The zero-order valence-corrected chi connectivity index (χ0v) is 10.2. The Morgan fingerprint density at radius 3 is 2.71 bits per heavy atom. The summed E-state index contributed by atoms with van der Waals surface area (Å²) in [5.74, 6) is 0.574. The Balaban J connectivity index is 2.82. The number of aryl methyl sites for hydroxylation is 1. The predicted octanol–water partition coefficient (Wildman–Crippen LogP) is 4.65. The molecule has 0 fully saturated rings. The number of benzene rings is 2. The van der Waals surface area contributed by atoms with Gasteiger partial charge in [-0.25, -0.2) is 0 Å². The lowest BCUT2D eigenvalue weighted by atomic mass is 10.0. The normalized spacial score (nSPS) is 10.8. The molecule has 0 aliphatic rings. The second kappa shape index (κ2) is 3.92. The number of rotatable bonds is 1. The first-order chi connectivity index (χ1) is 6.72. The highest BCUT2D eigenvalue weighted by atomic mass is 79.9. The number of fused-ring (bicyclic) bond motifs is 1. The van der Waals surface area contributed by atoms with Gasteiger partial charge in [0.15, 0.2) is 0 Å². The molecule has 72 valence electrons. The van der Waals surface area contributed by atoms with E-state index in [2.05, 4.69) is 53.2 Å². The average molecular weight is 270 g/mol. The molecule has 0 amide bonds. The van der Waals surface area contributed by atoms with Gasteiger partial charge in [-0.2, -0.15) is 0 Å². The molecule has 0 radical (unpaired) electrons. The molecule has 0 heterocycles. The molecule has 0 bridgehead atoms. The number of hydrogen-bond acceptors (Lipinski definition) is 0. The summed E-state index contributed by atoms with van der Waals surface area (Å²) in [5, 5.41) is 2.49. The largest absolute Gasteiger partial charge is 0.122 e. The Labute approximate surface area is 97.0 Å². The van der Waals surface area contributed by atoms with Gasteiger partial charge >= 0.3 is 0 Å². The summed E-state index contributed by atoms with van der Waals surface area (Å²) in [6.07, 6.45) is 0. The number of alkyl halides is 1. The van der Waals surface area contributed by atoms with Crippen molar-refractivity contribution in [2.24, 2.45) is 0 Å². The van der Waals surface area contributed by atoms with Crippen LogP contribution in [-0.2, 0) is 5.88 Å². The summed E-state index contributed by atoms with van der Waals surface area (Å²) in [7, 11) is 0. The monoisotopic (exact) mass is 268 g/mol. The molecule has 2 aromatic carbocycles. The van der Waals surface area contributed by atoms with Crippen LogP contribution in [0.25, 0.3) is 10.8 Å². The molecule has 0 aromatic heterocycles. The van der Waals surface area contributed by atoms with Crippen molar-refractivity contribution >= 4 is 38.3 Å². The first-order valence-electron chi connectivity index (χ1n) is 4.46. The minimum absolute atomic E-state index is 0.574. The van der Waals surface area contributed by atoms with Gasteiger partial charge in [0.05, 0.1) is 0 Å². The Kier molecular flexibility index (Phi) is 2.80. The van der Waals surface area contributed by atoms with E-state index < -0.39 is 0 Å². The summed E-state index contributed by atoms with van der Waals surface area (Å²) < 4.78 is 1.11. The van der Waals surface area contributed by atoms with Crippen molar-refractivity contribution in [2.75, 3.05) is 0 Å². The first-order valence-corrected chi connectivity index (χ1v) is 5.79. The summed E-state index contributed by atoms with van der Waals surface area (Å²) >= 11 is 9.40. The van der Waals surface area contributed by atoms with Gasteiger partial charge in [0.2, 0.25) is 0 Å². The van der Waals surface area contributed by atoms with E-state index in [9.17, 15) is 0 Å². The molecule has 0 nitrogen and oxygen atoms in total. The Morgan fingerprint density at radius 1 is 1.21 bits per heavy atom. The van der Waals surface area contributed by atoms with Crippen molar-refractivity contribution < 1.29 is 0 Å². The molecule has 0 saturated heterocycles. The van der Waals surface area contributed by atoms with Crippen LogP contribution in [0, 0.1) is 6.92 Å². The van der Waals surface area contributed by atoms with Gasteiger partial charge in [-0.05, 0) is 41.0 Å². The smallest absolute Gasteiger partial charge is 0.0482 e. The van der Waals surface area contributed by atoms with Gasteiger partial charge in [-0.1, -0.05) is 34.1 Å². The van der Waals surface area contributed by atoms with Crippen LogP contribution in [-0.4, -0.2) is 0 Å². The van der Waals surface area contributed by atoms with Crippen LogP contribution in [0.4, 0.5) is 0 Å². The third-order valence-electron chi connectivity index (χ3n) is 2.46. The maximum Gasteiger partial charge on any atom is 0.0482 e. The van der Waals surface area contributed by atoms with E-state index in [0.29, 0.717) is 5.88 Å². The van der Waals surface area contributed by atoms with Gasteiger partial charge in [0, 0.05) is 10.4 Å². The van der Waals surface area contributed by atoms with E-state index in [0.717, 1.165) is 4.47 Å². The van der Waals surface area contributed by atoms with Gasteiger partial charge in [-0.15, -0.1) is 11.6 Å². The maximum absolute atomic E-state index is 5.94. The summed E-state index contributed by atoms with van der Waals surface area (Å²) in [4.78, 5) is 0. The molecule has 14 heavy (non-hydrogen) atoms. The van der Waals surface area contributed by atoms with E-state index in [1.54, 1.807) is 0 Å². The third-order valence-corrected chi connectivity index (χ3v) is 3.22. The lowest BCUT2D eigenvalue weighted by Crippen LogP contribution is -1.87. The van der Waals surface area contributed by atoms with Crippen molar-refractivity contribution in [2.45, 2.75) is 12.8 Å². The highest BCUT2D eigenvalue weighted by Crippen LogP contribution is 2.26. The number of hydrogen-bond donors (Lipinski definition) is 0. The fourth-order valence-corrected chi connectivity index (χ4v) is 2.39. The highest BCUT2D eigenvalue weighted by molar-refractivity contribution is 9.10. The van der Waals surface area contributed by atoms with Gasteiger partial charge in [0.25, 0.3) is 0 Å². The van der Waals surface area contributed by atoms with E-state index in [1.807, 2.05) is 0 Å². The molecule has 0 aliphatic carbocycles. The van der Waals surface area contributed by atoms with Gasteiger partial charge < -0.3 is 0 Å². The minimum atomic E-state index is 0.574. The zero-order valence-electron chi connectivity index (χ0n) is 7.85. The number of halogens is 2. The fraction of sp³-hybridized carbons (Fsp3) is 0.167. The molecular formula is C12H10BrCl. The van der Waals surface area contributed by atoms with Crippen molar-refractivity contribution in [3.8, 4) is 0 Å². The van der Waals surface area contributed by atoms with Gasteiger partial charge in [-0.3, -0.25) is 0 Å². The molecule has 0 saturated carbocycles. The molecule has 0 spiro atoms. The minimum Gasteiger partial charge on any atom is -0.122 e. The second-order valence-electron chi connectivity index (χ2n) is 3.36. The molecular weight excluding hydrogens is 259 g/mol. The molecule has 2 rings (SSSR count). The third kappa shape index (κ3) is 1.67. The fourth-order valence-electron chi connectivity index (χ4n) is 1.65. The maximum atomic E-state index is 5.94. The van der Waals surface area contributed by atoms with Crippen molar-refractivity contribution in [3.05, 3.63) is 45.9 Å². The van der Waals surface area contributed by atoms with Crippen molar-refractivity contribution in [1.29, 1.82) is 0 Å². The molecule has 0 unspecified atom stereocenters. The van der Waals surface area contributed by atoms with Crippen molar-refractivity contribution in [3.63, 3.8) is 0 Å². The quantitative estimate of drug-likeness (QED) is 0.661. The Bertz CT molecular complexity index is 477. The molecule has 0 aliphatic heterocycles. The van der Waals surface area contributed by atoms with E-state index in [4.69, 9.17) is 11.6 Å². The van der Waals surface area contributed by atoms with Crippen LogP contribution in [0.3, 0.4) is 0 Å². The zero-order chi connectivity index (χ0) is 10.1. The van der Waals surface area contributed by atoms with Crippen LogP contribution >= 0.6 is 27.5 Å². The van der Waals surface area contributed by atoms with Crippen molar-refractivity contribution in [1.82, 2.24) is 0 Å².